The smallest absolute Gasteiger partial charge is 0.193 e. The van der Waals surface area contributed by atoms with E-state index in [2.05, 4.69) is 15.2 Å². The maximum Gasteiger partial charge on any atom is 0.193 e. The molecule has 3 rings (SSSR count). The highest BCUT2D eigenvalue weighted by atomic mass is 16.5. The number of hydrogen-bond donors (Lipinski definition) is 1. The van der Waals surface area contributed by atoms with E-state index in [1.54, 1.807) is 21.3 Å². The third kappa shape index (κ3) is 3.67. The van der Waals surface area contributed by atoms with Crippen LogP contribution in [0.5, 0.6) is 17.2 Å². The van der Waals surface area contributed by atoms with E-state index in [4.69, 9.17) is 18.9 Å². The maximum absolute atomic E-state index is 5.62. The second-order valence-corrected chi connectivity index (χ2v) is 6.89. The first-order valence-electron chi connectivity index (χ1n) is 8.97. The molecule has 1 N–H and O–H groups in total. The normalized spacial score (nSPS) is 22.8. The molecule has 1 spiro atoms. The lowest BCUT2D eigenvalue weighted by Crippen LogP contribution is -2.41. The highest BCUT2D eigenvalue weighted by molar-refractivity contribution is 5.80. The summed E-state index contributed by atoms with van der Waals surface area (Å²) >= 11 is 0. The molecule has 1 atom stereocenters. The molecule has 0 radical (unpaired) electrons. The molecule has 1 unspecified atom stereocenters. The summed E-state index contributed by atoms with van der Waals surface area (Å²) in [6.45, 7) is 4.28. The van der Waals surface area contributed by atoms with Crippen molar-refractivity contribution in [2.75, 3.05) is 54.7 Å². The van der Waals surface area contributed by atoms with E-state index in [0.29, 0.717) is 17.7 Å². The van der Waals surface area contributed by atoms with Gasteiger partial charge in [-0.25, -0.2) is 0 Å². The Morgan fingerprint density at radius 2 is 1.92 bits per heavy atom. The van der Waals surface area contributed by atoms with Crippen LogP contribution in [0.4, 0.5) is 0 Å². The SMILES string of the molecule is CN=C(NCc1c(OC)cc(OC)cc1OC)N1CCC2(CCOC2)C1. The van der Waals surface area contributed by atoms with E-state index in [0.717, 1.165) is 62.2 Å². The summed E-state index contributed by atoms with van der Waals surface area (Å²) in [5.41, 5.74) is 1.24. The van der Waals surface area contributed by atoms with E-state index >= 15 is 0 Å². The lowest BCUT2D eigenvalue weighted by atomic mass is 9.87. The van der Waals surface area contributed by atoms with E-state index in [1.165, 1.54) is 0 Å². The lowest BCUT2D eigenvalue weighted by molar-refractivity contribution is 0.156. The number of benzene rings is 1. The third-order valence-corrected chi connectivity index (χ3v) is 5.38. The number of aliphatic imine (C=N–C) groups is 1. The van der Waals surface area contributed by atoms with Crippen LogP contribution >= 0.6 is 0 Å². The van der Waals surface area contributed by atoms with Gasteiger partial charge in [-0.2, -0.15) is 0 Å². The molecule has 7 nitrogen and oxygen atoms in total. The van der Waals surface area contributed by atoms with Gasteiger partial charge >= 0.3 is 0 Å². The summed E-state index contributed by atoms with van der Waals surface area (Å²) in [5, 5.41) is 3.46. The van der Waals surface area contributed by atoms with Gasteiger partial charge in [0.15, 0.2) is 5.96 Å². The van der Waals surface area contributed by atoms with Gasteiger partial charge < -0.3 is 29.2 Å². The van der Waals surface area contributed by atoms with Crippen molar-refractivity contribution in [3.63, 3.8) is 0 Å². The van der Waals surface area contributed by atoms with E-state index in [-0.39, 0.29) is 0 Å². The predicted octanol–water partition coefficient (Wildman–Crippen LogP) is 1.90. The van der Waals surface area contributed by atoms with Crippen LogP contribution in [0.1, 0.15) is 18.4 Å². The van der Waals surface area contributed by atoms with Gasteiger partial charge in [0.2, 0.25) is 0 Å². The minimum absolute atomic E-state index is 0.299. The Kier molecular flexibility index (Phi) is 5.76. The Balaban J connectivity index is 1.71. The minimum atomic E-state index is 0.299. The third-order valence-electron chi connectivity index (χ3n) is 5.38. The fourth-order valence-corrected chi connectivity index (χ4v) is 3.84. The standard InChI is InChI=1S/C19H29N3O4/c1-20-18(22-7-5-19(12-22)6-8-26-13-19)21-11-15-16(24-3)9-14(23-2)10-17(15)25-4/h9-10H,5-8,11-13H2,1-4H3,(H,20,21). The molecule has 7 heteroatoms. The minimum Gasteiger partial charge on any atom is -0.496 e. The molecule has 2 heterocycles. The molecule has 0 saturated carbocycles. The number of guanidine groups is 1. The van der Waals surface area contributed by atoms with Gasteiger partial charge in [0, 0.05) is 44.3 Å². The molecule has 26 heavy (non-hydrogen) atoms. The first kappa shape index (κ1) is 18.6. The number of hydrogen-bond acceptors (Lipinski definition) is 5. The van der Waals surface area contributed by atoms with Crippen LogP contribution in [0.3, 0.4) is 0 Å². The van der Waals surface area contributed by atoms with E-state index in [9.17, 15) is 0 Å². The molecule has 0 amide bonds. The van der Waals surface area contributed by atoms with Crippen LogP contribution < -0.4 is 19.5 Å². The molecule has 0 aliphatic carbocycles. The maximum atomic E-state index is 5.62. The average molecular weight is 363 g/mol. The zero-order valence-corrected chi connectivity index (χ0v) is 16.1. The van der Waals surface area contributed by atoms with Crippen LogP contribution in [0.2, 0.25) is 0 Å². The molecule has 2 aliphatic rings. The van der Waals surface area contributed by atoms with Crippen molar-refractivity contribution in [2.45, 2.75) is 19.4 Å². The summed E-state index contributed by atoms with van der Waals surface area (Å²) in [7, 11) is 6.75. The molecule has 0 bridgehead atoms. The molecule has 144 valence electrons. The lowest BCUT2D eigenvalue weighted by Gasteiger charge is -2.25. The number of nitrogens with zero attached hydrogens (tertiary/aromatic N) is 2. The Morgan fingerprint density at radius 1 is 1.19 bits per heavy atom. The summed E-state index contributed by atoms with van der Waals surface area (Å²) in [6, 6.07) is 3.73. The topological polar surface area (TPSA) is 64.6 Å². The Hall–Kier alpha value is -2.15. The van der Waals surface area contributed by atoms with Gasteiger partial charge in [-0.3, -0.25) is 4.99 Å². The molecule has 1 aromatic rings. The molecule has 2 aliphatic heterocycles. The highest BCUT2D eigenvalue weighted by Gasteiger charge is 2.42. The summed E-state index contributed by atoms with van der Waals surface area (Å²) in [4.78, 5) is 6.79. The predicted molar refractivity (Wildman–Crippen MR) is 100 cm³/mol. The molecule has 2 saturated heterocycles. The highest BCUT2D eigenvalue weighted by Crippen LogP contribution is 2.38. The summed E-state index contributed by atoms with van der Waals surface area (Å²) in [6.07, 6.45) is 2.30. The number of rotatable bonds is 5. The van der Waals surface area contributed by atoms with Gasteiger partial charge in [-0.1, -0.05) is 0 Å². The van der Waals surface area contributed by atoms with Crippen molar-refractivity contribution in [1.29, 1.82) is 0 Å². The van der Waals surface area contributed by atoms with Gasteiger partial charge in [0.05, 0.1) is 40.0 Å². The molecule has 0 aromatic heterocycles. The van der Waals surface area contributed by atoms with Gasteiger partial charge in [0.1, 0.15) is 17.2 Å². The Labute approximate surface area is 155 Å². The zero-order chi connectivity index (χ0) is 18.6. The number of nitrogens with one attached hydrogen (secondary N) is 1. The first-order valence-corrected chi connectivity index (χ1v) is 8.97. The van der Waals surface area contributed by atoms with Crippen LogP contribution in [0.25, 0.3) is 0 Å². The van der Waals surface area contributed by atoms with Crippen molar-refractivity contribution in [2.24, 2.45) is 10.4 Å². The molecular weight excluding hydrogens is 334 g/mol. The monoisotopic (exact) mass is 363 g/mol. The number of methoxy groups -OCH3 is 3. The Morgan fingerprint density at radius 3 is 2.46 bits per heavy atom. The fraction of sp³-hybridized carbons (Fsp3) is 0.632. The van der Waals surface area contributed by atoms with Gasteiger partial charge in [-0.15, -0.1) is 0 Å². The van der Waals surface area contributed by atoms with Gasteiger partial charge in [0.25, 0.3) is 0 Å². The zero-order valence-electron chi connectivity index (χ0n) is 16.1. The second-order valence-electron chi connectivity index (χ2n) is 6.89. The van der Waals surface area contributed by atoms with Crippen LogP contribution in [-0.2, 0) is 11.3 Å². The molecule has 1 aromatic carbocycles. The first-order chi connectivity index (χ1) is 12.6. The van der Waals surface area contributed by atoms with Crippen molar-refractivity contribution >= 4 is 5.96 Å². The van der Waals surface area contributed by atoms with Crippen LogP contribution in [0.15, 0.2) is 17.1 Å². The summed E-state index contributed by atoms with van der Waals surface area (Å²) in [5.74, 6) is 3.06. The van der Waals surface area contributed by atoms with E-state index in [1.807, 2.05) is 19.2 Å². The summed E-state index contributed by atoms with van der Waals surface area (Å²) < 4.78 is 22.0. The molecular formula is C19H29N3O4. The van der Waals surface area contributed by atoms with Crippen molar-refractivity contribution in [1.82, 2.24) is 10.2 Å². The van der Waals surface area contributed by atoms with Crippen molar-refractivity contribution in [3.05, 3.63) is 17.7 Å². The van der Waals surface area contributed by atoms with Crippen molar-refractivity contribution in [3.8, 4) is 17.2 Å². The quantitative estimate of drug-likeness (QED) is 0.637. The van der Waals surface area contributed by atoms with Gasteiger partial charge in [-0.05, 0) is 12.8 Å². The van der Waals surface area contributed by atoms with E-state index < -0.39 is 0 Å². The van der Waals surface area contributed by atoms with Crippen LogP contribution in [-0.4, -0.2) is 65.5 Å². The fourth-order valence-electron chi connectivity index (χ4n) is 3.84. The average Bonchev–Trinajstić information content (AvgIpc) is 3.31. The molecule has 2 fully saturated rings. The van der Waals surface area contributed by atoms with Crippen LogP contribution in [0, 0.1) is 5.41 Å². The Bertz CT molecular complexity index is 631. The number of ether oxygens (including phenoxy) is 4. The number of likely N-dealkylation sites (tertiary alicyclic amines) is 1. The van der Waals surface area contributed by atoms with Crippen molar-refractivity contribution < 1.29 is 18.9 Å². The second kappa shape index (κ2) is 8.03. The largest absolute Gasteiger partial charge is 0.496 e.